The van der Waals surface area contributed by atoms with E-state index in [4.69, 9.17) is 11.6 Å². The molecule has 7 nitrogen and oxygen atoms in total. The Bertz CT molecular complexity index is 1450. The summed E-state index contributed by atoms with van der Waals surface area (Å²) in [6.45, 7) is 3.32. The number of aromatic amines is 1. The fourth-order valence-corrected chi connectivity index (χ4v) is 3.82. The van der Waals surface area contributed by atoms with Crippen molar-refractivity contribution in [1.29, 1.82) is 0 Å². The lowest BCUT2D eigenvalue weighted by molar-refractivity contribution is -0.114. The van der Waals surface area contributed by atoms with Crippen LogP contribution in [0.3, 0.4) is 0 Å². The summed E-state index contributed by atoms with van der Waals surface area (Å²) in [6.07, 6.45) is 0. The molecule has 0 saturated carbocycles. The number of anilines is 1. The van der Waals surface area contributed by atoms with Crippen LogP contribution in [0.15, 0.2) is 58.1 Å². The van der Waals surface area contributed by atoms with Gasteiger partial charge in [-0.1, -0.05) is 23.7 Å². The third-order valence-electron chi connectivity index (χ3n) is 4.96. The number of hydrogen-bond donors (Lipinski definition) is 2. The van der Waals surface area contributed by atoms with Crippen LogP contribution in [0.1, 0.15) is 18.2 Å². The van der Waals surface area contributed by atoms with E-state index in [2.05, 4.69) is 10.4 Å². The van der Waals surface area contributed by atoms with E-state index in [-0.39, 0.29) is 28.7 Å². The molecule has 158 valence electrons. The van der Waals surface area contributed by atoms with Gasteiger partial charge in [-0.25, -0.2) is 9.07 Å². The van der Waals surface area contributed by atoms with Gasteiger partial charge in [0.1, 0.15) is 5.82 Å². The Morgan fingerprint density at radius 2 is 1.94 bits per heavy atom. The number of rotatable bonds is 4. The van der Waals surface area contributed by atoms with Crippen LogP contribution in [-0.4, -0.2) is 20.3 Å². The monoisotopic (exact) mass is 440 g/mol. The Morgan fingerprint density at radius 3 is 2.65 bits per heavy atom. The smallest absolute Gasteiger partial charge is 0.280 e. The number of benzene rings is 2. The number of aromatic nitrogens is 3. The molecule has 0 saturated heterocycles. The minimum Gasteiger partial charge on any atom is -0.326 e. The topological polar surface area (TPSA) is 88.9 Å². The summed E-state index contributed by atoms with van der Waals surface area (Å²) in [4.78, 5) is 37.2. The molecule has 0 fully saturated rings. The first kappa shape index (κ1) is 20.6. The van der Waals surface area contributed by atoms with E-state index in [1.165, 1.54) is 34.4 Å². The molecule has 2 aromatic heterocycles. The summed E-state index contributed by atoms with van der Waals surface area (Å²) in [6, 6.07) is 12.2. The summed E-state index contributed by atoms with van der Waals surface area (Å²) < 4.78 is 16.1. The number of amides is 1. The molecule has 4 aromatic rings. The molecule has 2 N–H and O–H groups in total. The van der Waals surface area contributed by atoms with Crippen LogP contribution in [0.5, 0.6) is 0 Å². The number of aryl methyl sites for hydroxylation is 1. The van der Waals surface area contributed by atoms with E-state index >= 15 is 0 Å². The average Bonchev–Trinajstić information content (AvgIpc) is 3.01. The number of nitrogens with zero attached hydrogens (tertiary/aromatic N) is 2. The van der Waals surface area contributed by atoms with Gasteiger partial charge >= 0.3 is 0 Å². The zero-order valence-electron chi connectivity index (χ0n) is 16.7. The SMILES string of the molecule is CC(=O)Nc1cccc(Cn2c(C)c3c(=O)n(-c4ccc(F)cc4Cl)[nH]c3cc2=O)c1. The first-order chi connectivity index (χ1) is 14.7. The van der Waals surface area contributed by atoms with Crippen molar-refractivity contribution in [2.75, 3.05) is 5.32 Å². The highest BCUT2D eigenvalue weighted by Crippen LogP contribution is 2.22. The van der Waals surface area contributed by atoms with Gasteiger partial charge in [0.25, 0.3) is 11.1 Å². The van der Waals surface area contributed by atoms with Crippen LogP contribution >= 0.6 is 11.6 Å². The molecular weight excluding hydrogens is 423 g/mol. The van der Waals surface area contributed by atoms with Gasteiger partial charge in [-0.3, -0.25) is 19.5 Å². The van der Waals surface area contributed by atoms with Crippen molar-refractivity contribution in [2.45, 2.75) is 20.4 Å². The number of carbonyl (C=O) groups excluding carboxylic acids is 1. The molecule has 0 bridgehead atoms. The average molecular weight is 441 g/mol. The molecule has 0 radical (unpaired) electrons. The van der Waals surface area contributed by atoms with Gasteiger partial charge in [-0.05, 0) is 42.8 Å². The molecule has 31 heavy (non-hydrogen) atoms. The van der Waals surface area contributed by atoms with Crippen LogP contribution in [0.2, 0.25) is 5.02 Å². The Labute approximate surface area is 180 Å². The van der Waals surface area contributed by atoms with Gasteiger partial charge in [-0.15, -0.1) is 0 Å². The van der Waals surface area contributed by atoms with Crippen molar-refractivity contribution in [3.8, 4) is 5.69 Å². The lowest BCUT2D eigenvalue weighted by Gasteiger charge is -2.11. The Balaban J connectivity index is 1.82. The maximum atomic E-state index is 13.4. The normalized spacial score (nSPS) is 11.1. The lowest BCUT2D eigenvalue weighted by Crippen LogP contribution is -2.24. The Kier molecular flexibility index (Phi) is 5.24. The largest absolute Gasteiger partial charge is 0.326 e. The van der Waals surface area contributed by atoms with Crippen molar-refractivity contribution in [3.63, 3.8) is 0 Å². The molecule has 4 rings (SSSR count). The third kappa shape index (κ3) is 3.89. The number of pyridine rings is 1. The second-order valence-corrected chi connectivity index (χ2v) is 7.58. The molecule has 0 atom stereocenters. The van der Waals surface area contributed by atoms with Gasteiger partial charge < -0.3 is 9.88 Å². The van der Waals surface area contributed by atoms with Crippen molar-refractivity contribution in [3.05, 3.63) is 91.3 Å². The molecule has 2 aromatic carbocycles. The van der Waals surface area contributed by atoms with Crippen LogP contribution in [0, 0.1) is 12.7 Å². The Hall–Kier alpha value is -3.65. The standard InChI is InChI=1S/C22H18ClFN4O3/c1-12-21-18(26-28(22(21)31)19-7-6-15(24)9-17(19)23)10-20(30)27(12)11-14-4-3-5-16(8-14)25-13(2)29/h3-10,26H,11H2,1-2H3,(H,25,29). The predicted molar refractivity (Wildman–Crippen MR) is 118 cm³/mol. The van der Waals surface area contributed by atoms with Crippen molar-refractivity contribution >= 4 is 34.1 Å². The lowest BCUT2D eigenvalue weighted by atomic mass is 10.1. The van der Waals surface area contributed by atoms with Crippen LogP contribution in [0.25, 0.3) is 16.6 Å². The molecule has 9 heteroatoms. The summed E-state index contributed by atoms with van der Waals surface area (Å²) in [7, 11) is 0. The van der Waals surface area contributed by atoms with Crippen molar-refractivity contribution in [1.82, 2.24) is 14.3 Å². The van der Waals surface area contributed by atoms with Crippen LogP contribution < -0.4 is 16.4 Å². The minimum atomic E-state index is -0.518. The number of carbonyl (C=O) groups is 1. The fourth-order valence-electron chi connectivity index (χ4n) is 3.57. The van der Waals surface area contributed by atoms with Crippen molar-refractivity contribution in [2.24, 2.45) is 0 Å². The number of halogens is 2. The predicted octanol–water partition coefficient (Wildman–Crippen LogP) is 3.59. The zero-order chi connectivity index (χ0) is 22.3. The van der Waals surface area contributed by atoms with Gasteiger partial charge in [0.05, 0.1) is 28.2 Å². The molecule has 2 heterocycles. The molecule has 0 unspecified atom stereocenters. The highest BCUT2D eigenvalue weighted by Gasteiger charge is 2.17. The highest BCUT2D eigenvalue weighted by atomic mass is 35.5. The third-order valence-corrected chi connectivity index (χ3v) is 5.26. The minimum absolute atomic E-state index is 0.0660. The van der Waals surface area contributed by atoms with E-state index in [1.54, 1.807) is 25.1 Å². The number of fused-ring (bicyclic) bond motifs is 1. The molecule has 1 amide bonds. The molecule has 0 aliphatic heterocycles. The quantitative estimate of drug-likeness (QED) is 0.508. The van der Waals surface area contributed by atoms with Gasteiger partial charge in [0, 0.05) is 24.4 Å². The first-order valence-electron chi connectivity index (χ1n) is 9.41. The van der Waals surface area contributed by atoms with Gasteiger partial charge in [0.15, 0.2) is 0 Å². The molecular formula is C22H18ClFN4O3. The maximum absolute atomic E-state index is 13.4. The van der Waals surface area contributed by atoms with E-state index in [1.807, 2.05) is 6.07 Å². The van der Waals surface area contributed by atoms with Gasteiger partial charge in [-0.2, -0.15) is 0 Å². The first-order valence-corrected chi connectivity index (χ1v) is 9.79. The molecule has 0 spiro atoms. The summed E-state index contributed by atoms with van der Waals surface area (Å²) in [5.74, 6) is -0.713. The van der Waals surface area contributed by atoms with E-state index < -0.39 is 11.4 Å². The van der Waals surface area contributed by atoms with E-state index in [0.29, 0.717) is 22.3 Å². The van der Waals surface area contributed by atoms with E-state index in [0.717, 1.165) is 11.6 Å². The fraction of sp³-hybridized carbons (Fsp3) is 0.136. The van der Waals surface area contributed by atoms with E-state index in [9.17, 15) is 18.8 Å². The van der Waals surface area contributed by atoms with Crippen molar-refractivity contribution < 1.29 is 9.18 Å². The maximum Gasteiger partial charge on any atom is 0.280 e. The molecule has 0 aliphatic carbocycles. The second-order valence-electron chi connectivity index (χ2n) is 7.17. The summed E-state index contributed by atoms with van der Waals surface area (Å²) in [5, 5.41) is 5.98. The Morgan fingerprint density at radius 1 is 1.16 bits per heavy atom. The number of H-pyrrole nitrogens is 1. The van der Waals surface area contributed by atoms with Gasteiger partial charge in [0.2, 0.25) is 5.91 Å². The number of nitrogens with one attached hydrogen (secondary N) is 2. The summed E-state index contributed by atoms with van der Waals surface area (Å²) in [5.41, 5.74) is 1.82. The molecule has 0 aliphatic rings. The highest BCUT2D eigenvalue weighted by molar-refractivity contribution is 6.32. The second kappa shape index (κ2) is 7.88. The van der Waals surface area contributed by atoms with Crippen LogP contribution in [0.4, 0.5) is 10.1 Å². The number of hydrogen-bond acceptors (Lipinski definition) is 3. The summed E-state index contributed by atoms with van der Waals surface area (Å²) >= 11 is 6.11. The van der Waals surface area contributed by atoms with Crippen LogP contribution in [-0.2, 0) is 11.3 Å². The zero-order valence-corrected chi connectivity index (χ0v) is 17.5.